The minimum absolute atomic E-state index is 0.0137. The molecule has 31 heavy (non-hydrogen) atoms. The van der Waals surface area contributed by atoms with Crippen LogP contribution in [0.2, 0.25) is 0 Å². The molecule has 0 aromatic heterocycles. The molecule has 2 atom stereocenters. The minimum Gasteiger partial charge on any atom is -0.508 e. The molecule has 2 aromatic carbocycles. The van der Waals surface area contributed by atoms with Crippen molar-refractivity contribution in [3.8, 4) is 5.75 Å². The van der Waals surface area contributed by atoms with Gasteiger partial charge in [0.15, 0.2) is 0 Å². The van der Waals surface area contributed by atoms with Gasteiger partial charge in [-0.05, 0) is 60.5 Å². The van der Waals surface area contributed by atoms with Crippen LogP contribution in [0.25, 0.3) is 10.8 Å². The Morgan fingerprint density at radius 1 is 1.16 bits per heavy atom. The van der Waals surface area contributed by atoms with Crippen molar-refractivity contribution < 1.29 is 24.5 Å². The molecule has 0 bridgehead atoms. The lowest BCUT2D eigenvalue weighted by atomic mass is 9.84. The summed E-state index contributed by atoms with van der Waals surface area (Å²) in [5.41, 5.74) is 0.219. The Hall–Kier alpha value is -3.05. The van der Waals surface area contributed by atoms with Gasteiger partial charge in [-0.25, -0.2) is 4.79 Å². The predicted octanol–water partition coefficient (Wildman–Crippen LogP) is 5.53. The number of aliphatic hydroxyl groups excluding tert-OH is 1. The third kappa shape index (κ3) is 7.30. The highest BCUT2D eigenvalue weighted by Crippen LogP contribution is 2.29. The third-order valence-corrected chi connectivity index (χ3v) is 4.92. The summed E-state index contributed by atoms with van der Waals surface area (Å²) in [5.74, 6) is 0.217. The molecule has 0 fully saturated rings. The molecule has 5 heteroatoms. The van der Waals surface area contributed by atoms with E-state index >= 15 is 0 Å². The van der Waals surface area contributed by atoms with Crippen molar-refractivity contribution in [2.75, 3.05) is 13.2 Å². The Labute approximate surface area is 184 Å². The fourth-order valence-corrected chi connectivity index (χ4v) is 3.46. The first kappa shape index (κ1) is 24.2. The van der Waals surface area contributed by atoms with E-state index in [1.807, 2.05) is 19.1 Å². The van der Waals surface area contributed by atoms with Crippen molar-refractivity contribution in [3.63, 3.8) is 0 Å². The molecule has 0 spiro atoms. The molecule has 0 aliphatic rings. The SMILES string of the molecule is C=C/C(=C\C(C)(/C=C\C)CCC)OCC(O)COC(=O)c1ccc2cc(O)ccc2c1. The number of fused-ring (bicyclic) bond motifs is 1. The second-order valence-corrected chi connectivity index (χ2v) is 7.82. The first-order valence-corrected chi connectivity index (χ1v) is 10.5. The number of phenolic OH excluding ortho intramolecular Hbond substituents is 1. The largest absolute Gasteiger partial charge is 0.508 e. The van der Waals surface area contributed by atoms with Crippen LogP contribution in [0.4, 0.5) is 0 Å². The lowest BCUT2D eigenvalue weighted by Gasteiger charge is -2.23. The number of phenols is 1. The van der Waals surface area contributed by atoms with Gasteiger partial charge < -0.3 is 19.7 Å². The summed E-state index contributed by atoms with van der Waals surface area (Å²) in [7, 11) is 0. The second-order valence-electron chi connectivity index (χ2n) is 7.82. The Morgan fingerprint density at radius 2 is 1.84 bits per heavy atom. The van der Waals surface area contributed by atoms with Gasteiger partial charge >= 0.3 is 5.97 Å². The van der Waals surface area contributed by atoms with E-state index in [0.717, 1.165) is 23.6 Å². The van der Waals surface area contributed by atoms with Crippen molar-refractivity contribution in [2.24, 2.45) is 5.41 Å². The molecular weight excluding hydrogens is 392 g/mol. The smallest absolute Gasteiger partial charge is 0.338 e. The van der Waals surface area contributed by atoms with Crippen molar-refractivity contribution in [1.82, 2.24) is 0 Å². The highest BCUT2D eigenvalue weighted by atomic mass is 16.5. The standard InChI is InChI=1S/C26H32O5/c1-5-12-26(4,13-6-2)16-24(7-3)30-17-23(28)18-31-25(29)21-9-8-20-15-22(27)11-10-19(20)14-21/h5,7-12,14-16,23,27-28H,3,6,13,17-18H2,1-2,4H3/b12-5-,24-16+. The van der Waals surface area contributed by atoms with Gasteiger partial charge in [0.1, 0.15) is 30.8 Å². The van der Waals surface area contributed by atoms with E-state index < -0.39 is 12.1 Å². The third-order valence-electron chi connectivity index (χ3n) is 4.92. The normalized spacial score (nSPS) is 14.9. The number of carbonyl (C=O) groups is 1. The predicted molar refractivity (Wildman–Crippen MR) is 124 cm³/mol. The van der Waals surface area contributed by atoms with Gasteiger partial charge in [0.2, 0.25) is 0 Å². The van der Waals surface area contributed by atoms with Crippen molar-refractivity contribution >= 4 is 16.7 Å². The van der Waals surface area contributed by atoms with Crippen molar-refractivity contribution in [3.05, 3.63) is 78.6 Å². The Bertz CT molecular complexity index is 959. The summed E-state index contributed by atoms with van der Waals surface area (Å²) < 4.78 is 10.9. The van der Waals surface area contributed by atoms with Crippen LogP contribution in [0.3, 0.4) is 0 Å². The Balaban J connectivity index is 1.92. The van der Waals surface area contributed by atoms with Gasteiger partial charge in [0, 0.05) is 5.41 Å². The summed E-state index contributed by atoms with van der Waals surface area (Å²) in [6.45, 7) is 9.82. The van der Waals surface area contributed by atoms with Gasteiger partial charge in [0.25, 0.3) is 0 Å². The maximum atomic E-state index is 12.3. The number of allylic oxidation sites excluding steroid dienone is 4. The lowest BCUT2D eigenvalue weighted by Crippen LogP contribution is -2.24. The van der Waals surface area contributed by atoms with Gasteiger partial charge in [-0.3, -0.25) is 0 Å². The van der Waals surface area contributed by atoms with E-state index in [1.54, 1.807) is 42.5 Å². The highest BCUT2D eigenvalue weighted by molar-refractivity contribution is 5.95. The highest BCUT2D eigenvalue weighted by Gasteiger charge is 2.18. The van der Waals surface area contributed by atoms with Gasteiger partial charge in [0.05, 0.1) is 5.56 Å². The van der Waals surface area contributed by atoms with Gasteiger partial charge in [-0.2, -0.15) is 0 Å². The molecule has 2 aromatic rings. The van der Waals surface area contributed by atoms with Crippen LogP contribution < -0.4 is 0 Å². The van der Waals surface area contributed by atoms with Crippen LogP contribution >= 0.6 is 0 Å². The van der Waals surface area contributed by atoms with Gasteiger partial charge in [-0.15, -0.1) is 0 Å². The second kappa shape index (κ2) is 11.4. The molecule has 0 saturated heterocycles. The number of hydrogen-bond donors (Lipinski definition) is 2. The Kier molecular flexibility index (Phi) is 8.88. The van der Waals surface area contributed by atoms with Crippen LogP contribution in [-0.2, 0) is 9.47 Å². The number of carbonyl (C=O) groups excluding carboxylic acids is 1. The Morgan fingerprint density at radius 3 is 2.52 bits per heavy atom. The molecule has 0 aliphatic heterocycles. The fourth-order valence-electron chi connectivity index (χ4n) is 3.46. The molecule has 0 amide bonds. The zero-order valence-corrected chi connectivity index (χ0v) is 18.5. The number of hydrogen-bond acceptors (Lipinski definition) is 5. The minimum atomic E-state index is -0.969. The van der Waals surface area contributed by atoms with E-state index in [0.29, 0.717) is 11.3 Å². The molecule has 0 aliphatic carbocycles. The van der Waals surface area contributed by atoms with Crippen LogP contribution in [0, 0.1) is 5.41 Å². The summed E-state index contributed by atoms with van der Waals surface area (Å²) >= 11 is 0. The van der Waals surface area contributed by atoms with Crippen LogP contribution in [0.5, 0.6) is 5.75 Å². The monoisotopic (exact) mass is 424 g/mol. The fraction of sp³-hybridized carbons (Fsp3) is 0.346. The van der Waals surface area contributed by atoms with E-state index in [9.17, 15) is 15.0 Å². The first-order chi connectivity index (χ1) is 14.8. The zero-order valence-electron chi connectivity index (χ0n) is 18.5. The molecule has 0 heterocycles. The van der Waals surface area contributed by atoms with Crippen molar-refractivity contribution in [1.29, 1.82) is 0 Å². The molecule has 5 nitrogen and oxygen atoms in total. The number of aromatic hydroxyl groups is 1. The maximum Gasteiger partial charge on any atom is 0.338 e. The van der Waals surface area contributed by atoms with E-state index in [4.69, 9.17) is 9.47 Å². The zero-order chi connectivity index (χ0) is 22.9. The topological polar surface area (TPSA) is 76.0 Å². The summed E-state index contributed by atoms with van der Waals surface area (Å²) in [6.07, 6.45) is 8.75. The van der Waals surface area contributed by atoms with Crippen LogP contribution in [0.1, 0.15) is 44.0 Å². The van der Waals surface area contributed by atoms with Crippen LogP contribution in [0.15, 0.2) is 73.0 Å². The maximum absolute atomic E-state index is 12.3. The number of ether oxygens (including phenoxy) is 2. The van der Waals surface area contributed by atoms with Crippen LogP contribution in [-0.4, -0.2) is 35.5 Å². The van der Waals surface area contributed by atoms with E-state index in [2.05, 4.69) is 26.5 Å². The van der Waals surface area contributed by atoms with E-state index in [-0.39, 0.29) is 24.4 Å². The average molecular weight is 425 g/mol. The number of aliphatic hydroxyl groups is 1. The molecule has 166 valence electrons. The molecule has 2 unspecified atom stereocenters. The quantitative estimate of drug-likeness (QED) is 0.215. The van der Waals surface area contributed by atoms with E-state index in [1.165, 1.54) is 0 Å². The molecule has 2 rings (SSSR count). The molecular formula is C26H32O5. The average Bonchev–Trinajstić information content (AvgIpc) is 2.74. The lowest BCUT2D eigenvalue weighted by molar-refractivity contribution is 0.00376. The molecule has 2 N–H and O–H groups in total. The first-order valence-electron chi connectivity index (χ1n) is 10.5. The summed E-state index contributed by atoms with van der Waals surface area (Å²) in [5, 5.41) is 21.4. The number of rotatable bonds is 11. The van der Waals surface area contributed by atoms with Gasteiger partial charge in [-0.1, -0.05) is 51.1 Å². The number of benzene rings is 2. The summed E-state index contributed by atoms with van der Waals surface area (Å²) in [4.78, 5) is 12.3. The summed E-state index contributed by atoms with van der Waals surface area (Å²) in [6, 6.07) is 9.97. The van der Waals surface area contributed by atoms with Crippen molar-refractivity contribution in [2.45, 2.75) is 39.7 Å². The molecule has 0 radical (unpaired) electrons. The molecule has 0 saturated carbocycles. The number of esters is 1.